The third-order valence-corrected chi connectivity index (χ3v) is 4.15. The van der Waals surface area contributed by atoms with Gasteiger partial charge in [0.1, 0.15) is 5.75 Å². The predicted octanol–water partition coefficient (Wildman–Crippen LogP) is 2.25. The fraction of sp³-hybridized carbons (Fsp3) is 0.533. The number of carbonyl (C=O) groups is 1. The van der Waals surface area contributed by atoms with Crippen LogP contribution in [0.3, 0.4) is 0 Å². The van der Waals surface area contributed by atoms with E-state index in [2.05, 4.69) is 13.0 Å². The number of benzene rings is 1. The first-order chi connectivity index (χ1) is 9.05. The van der Waals surface area contributed by atoms with Crippen LogP contribution in [0.5, 0.6) is 5.75 Å². The van der Waals surface area contributed by atoms with Gasteiger partial charge in [-0.15, -0.1) is 0 Å². The average Bonchev–Trinajstić information content (AvgIpc) is 2.36. The Labute approximate surface area is 113 Å². The lowest BCUT2D eigenvalue weighted by molar-refractivity contribution is -0.155. The first-order valence-electron chi connectivity index (χ1n) is 6.53. The average molecular weight is 264 g/mol. The van der Waals surface area contributed by atoms with Gasteiger partial charge in [0.25, 0.3) is 0 Å². The SMILES string of the molecule is CCc1cc(C2(C(C)C(=O)O)COC2)ccc1OC. The maximum absolute atomic E-state index is 11.3. The smallest absolute Gasteiger partial charge is 0.307 e. The van der Waals surface area contributed by atoms with Gasteiger partial charge in [0, 0.05) is 0 Å². The molecule has 104 valence electrons. The van der Waals surface area contributed by atoms with Crippen LogP contribution in [0, 0.1) is 5.92 Å². The molecule has 1 aliphatic heterocycles. The van der Waals surface area contributed by atoms with Crippen molar-refractivity contribution in [3.05, 3.63) is 29.3 Å². The Morgan fingerprint density at radius 1 is 1.53 bits per heavy atom. The number of carboxylic acids is 1. The van der Waals surface area contributed by atoms with E-state index in [1.807, 2.05) is 12.1 Å². The molecule has 1 aromatic rings. The third kappa shape index (κ3) is 2.21. The highest BCUT2D eigenvalue weighted by Gasteiger charge is 2.48. The van der Waals surface area contributed by atoms with E-state index in [1.54, 1.807) is 14.0 Å². The highest BCUT2D eigenvalue weighted by Crippen LogP contribution is 2.41. The van der Waals surface area contributed by atoms with E-state index in [1.165, 1.54) is 0 Å². The summed E-state index contributed by atoms with van der Waals surface area (Å²) in [6, 6.07) is 5.93. The minimum Gasteiger partial charge on any atom is -0.496 e. The molecule has 1 saturated heterocycles. The van der Waals surface area contributed by atoms with Crippen molar-refractivity contribution in [3.8, 4) is 5.75 Å². The lowest BCUT2D eigenvalue weighted by Crippen LogP contribution is -2.53. The predicted molar refractivity (Wildman–Crippen MR) is 71.7 cm³/mol. The Kier molecular flexibility index (Phi) is 3.80. The van der Waals surface area contributed by atoms with Crippen LogP contribution in [0.1, 0.15) is 25.0 Å². The number of hydrogen-bond donors (Lipinski definition) is 1. The van der Waals surface area contributed by atoms with Gasteiger partial charge in [-0.25, -0.2) is 0 Å². The van der Waals surface area contributed by atoms with Crippen LogP contribution in [-0.2, 0) is 21.4 Å². The first kappa shape index (κ1) is 13.9. The molecule has 1 fully saturated rings. The Balaban J connectivity index is 2.42. The molecule has 0 amide bonds. The normalized spacial score (nSPS) is 18.5. The number of ether oxygens (including phenoxy) is 2. The van der Waals surface area contributed by atoms with Crippen molar-refractivity contribution >= 4 is 5.97 Å². The second kappa shape index (κ2) is 5.21. The summed E-state index contributed by atoms with van der Waals surface area (Å²) in [4.78, 5) is 11.3. The van der Waals surface area contributed by atoms with Crippen LogP contribution in [0.25, 0.3) is 0 Å². The maximum atomic E-state index is 11.3. The second-order valence-corrected chi connectivity index (χ2v) is 5.09. The van der Waals surface area contributed by atoms with Crippen molar-refractivity contribution in [2.24, 2.45) is 5.92 Å². The van der Waals surface area contributed by atoms with E-state index in [9.17, 15) is 9.90 Å². The summed E-state index contributed by atoms with van der Waals surface area (Å²) in [5.41, 5.74) is 1.73. The number of aliphatic carboxylic acids is 1. The van der Waals surface area contributed by atoms with E-state index in [0.717, 1.165) is 23.3 Å². The molecule has 0 radical (unpaired) electrons. The number of rotatable bonds is 5. The minimum absolute atomic E-state index is 0.401. The second-order valence-electron chi connectivity index (χ2n) is 5.09. The molecule has 19 heavy (non-hydrogen) atoms. The zero-order valence-electron chi connectivity index (χ0n) is 11.6. The van der Waals surface area contributed by atoms with Gasteiger partial charge in [0.2, 0.25) is 0 Å². The van der Waals surface area contributed by atoms with E-state index in [4.69, 9.17) is 9.47 Å². The van der Waals surface area contributed by atoms with Crippen molar-refractivity contribution in [2.45, 2.75) is 25.7 Å². The summed E-state index contributed by atoms with van der Waals surface area (Å²) >= 11 is 0. The van der Waals surface area contributed by atoms with Gasteiger partial charge < -0.3 is 14.6 Å². The molecule has 1 N–H and O–H groups in total. The largest absolute Gasteiger partial charge is 0.496 e. The zero-order valence-corrected chi connectivity index (χ0v) is 11.6. The summed E-state index contributed by atoms with van der Waals surface area (Å²) in [6.07, 6.45) is 0.857. The molecule has 0 aromatic heterocycles. The Morgan fingerprint density at radius 3 is 2.63 bits per heavy atom. The summed E-state index contributed by atoms with van der Waals surface area (Å²) in [6.45, 7) is 4.75. The van der Waals surface area contributed by atoms with E-state index in [0.29, 0.717) is 13.2 Å². The van der Waals surface area contributed by atoms with Gasteiger partial charge in [-0.1, -0.05) is 26.0 Å². The van der Waals surface area contributed by atoms with E-state index < -0.39 is 17.3 Å². The molecule has 4 nitrogen and oxygen atoms in total. The van der Waals surface area contributed by atoms with Gasteiger partial charge in [0.05, 0.1) is 31.7 Å². The van der Waals surface area contributed by atoms with Crippen LogP contribution in [0.4, 0.5) is 0 Å². The topological polar surface area (TPSA) is 55.8 Å². The van der Waals surface area contributed by atoms with Crippen molar-refractivity contribution in [2.75, 3.05) is 20.3 Å². The summed E-state index contributed by atoms with van der Waals surface area (Å²) < 4.78 is 10.6. The van der Waals surface area contributed by atoms with Crippen LogP contribution in [-0.4, -0.2) is 31.4 Å². The number of hydrogen-bond acceptors (Lipinski definition) is 3. The molecule has 1 unspecified atom stereocenters. The molecule has 1 aliphatic rings. The van der Waals surface area contributed by atoms with Crippen LogP contribution < -0.4 is 4.74 Å². The number of carboxylic acid groups (broad SMARTS) is 1. The molecular weight excluding hydrogens is 244 g/mol. The third-order valence-electron chi connectivity index (χ3n) is 4.15. The Bertz CT molecular complexity index is 477. The fourth-order valence-corrected chi connectivity index (χ4v) is 2.59. The van der Waals surface area contributed by atoms with Gasteiger partial charge >= 0.3 is 5.97 Å². The molecule has 2 rings (SSSR count). The summed E-state index contributed by atoms with van der Waals surface area (Å²) in [7, 11) is 1.65. The van der Waals surface area contributed by atoms with Crippen LogP contribution in [0.2, 0.25) is 0 Å². The molecular formula is C15H20O4. The highest BCUT2D eigenvalue weighted by atomic mass is 16.5. The van der Waals surface area contributed by atoms with Crippen LogP contribution in [0.15, 0.2) is 18.2 Å². The van der Waals surface area contributed by atoms with Crippen molar-refractivity contribution in [1.82, 2.24) is 0 Å². The van der Waals surface area contributed by atoms with Crippen molar-refractivity contribution in [1.29, 1.82) is 0 Å². The lowest BCUT2D eigenvalue weighted by Gasteiger charge is -2.45. The quantitative estimate of drug-likeness (QED) is 0.886. The number of aryl methyl sites for hydroxylation is 1. The Morgan fingerprint density at radius 2 is 2.21 bits per heavy atom. The molecule has 0 saturated carbocycles. The summed E-state index contributed by atoms with van der Waals surface area (Å²) in [5.74, 6) is -0.388. The molecule has 1 heterocycles. The number of methoxy groups -OCH3 is 1. The van der Waals surface area contributed by atoms with Gasteiger partial charge in [0.15, 0.2) is 0 Å². The van der Waals surface area contributed by atoms with E-state index in [-0.39, 0.29) is 0 Å². The standard InChI is InChI=1S/C15H20O4/c1-4-11-7-12(5-6-13(11)18-3)15(8-19-9-15)10(2)14(16)17/h5-7,10H,4,8-9H2,1-3H3,(H,16,17). The molecule has 1 atom stereocenters. The lowest BCUT2D eigenvalue weighted by atomic mass is 9.69. The van der Waals surface area contributed by atoms with Crippen LogP contribution >= 0.6 is 0 Å². The van der Waals surface area contributed by atoms with E-state index >= 15 is 0 Å². The van der Waals surface area contributed by atoms with Crippen molar-refractivity contribution < 1.29 is 19.4 Å². The Hall–Kier alpha value is -1.55. The summed E-state index contributed by atoms with van der Waals surface area (Å²) in [5, 5.41) is 9.29. The van der Waals surface area contributed by atoms with Crippen molar-refractivity contribution in [3.63, 3.8) is 0 Å². The maximum Gasteiger partial charge on any atom is 0.307 e. The van der Waals surface area contributed by atoms with Gasteiger partial charge in [-0.2, -0.15) is 0 Å². The van der Waals surface area contributed by atoms with Gasteiger partial charge in [-0.3, -0.25) is 4.79 Å². The highest BCUT2D eigenvalue weighted by molar-refractivity contribution is 5.72. The first-order valence-corrected chi connectivity index (χ1v) is 6.53. The monoisotopic (exact) mass is 264 g/mol. The van der Waals surface area contributed by atoms with Gasteiger partial charge in [-0.05, 0) is 23.6 Å². The molecule has 0 aliphatic carbocycles. The molecule has 1 aromatic carbocycles. The zero-order chi connectivity index (χ0) is 14.0. The molecule has 0 spiro atoms. The minimum atomic E-state index is -0.780. The molecule has 4 heteroatoms. The fourth-order valence-electron chi connectivity index (χ4n) is 2.59. The molecule has 0 bridgehead atoms.